The zero-order valence-corrected chi connectivity index (χ0v) is 23.7. The third-order valence-electron chi connectivity index (χ3n) is 8.43. The van der Waals surface area contributed by atoms with Crippen LogP contribution in [0.3, 0.4) is 0 Å². The predicted molar refractivity (Wildman–Crippen MR) is 159 cm³/mol. The monoisotopic (exact) mass is 556 g/mol. The molecule has 0 aromatic heterocycles. The van der Waals surface area contributed by atoms with Crippen LogP contribution < -0.4 is 5.32 Å². The lowest BCUT2D eigenvalue weighted by molar-refractivity contribution is -0.136. The van der Waals surface area contributed by atoms with E-state index in [1.54, 1.807) is 0 Å². The fourth-order valence-electron chi connectivity index (χ4n) is 6.22. The molecule has 1 saturated heterocycles. The van der Waals surface area contributed by atoms with Crippen molar-refractivity contribution in [3.63, 3.8) is 0 Å². The van der Waals surface area contributed by atoms with Crippen molar-refractivity contribution in [2.24, 2.45) is 5.92 Å². The quantitative estimate of drug-likeness (QED) is 0.291. The largest absolute Gasteiger partial charge is 0.503 e. The van der Waals surface area contributed by atoms with Crippen LogP contribution in [0.25, 0.3) is 0 Å². The van der Waals surface area contributed by atoms with Gasteiger partial charge in [0.2, 0.25) is 11.8 Å². The molecule has 7 heteroatoms. The predicted octanol–water partition coefficient (Wildman–Crippen LogP) is 6.58. The molecule has 41 heavy (non-hydrogen) atoms. The molecule has 5 rings (SSSR count). The summed E-state index contributed by atoms with van der Waals surface area (Å²) in [5, 5.41) is 17.1. The third-order valence-corrected chi connectivity index (χ3v) is 8.43. The maximum absolute atomic E-state index is 13.4. The molecule has 2 aliphatic rings. The van der Waals surface area contributed by atoms with Gasteiger partial charge in [-0.2, -0.15) is 0 Å². The molecule has 1 aliphatic heterocycles. The molecule has 3 aromatic carbocycles. The van der Waals surface area contributed by atoms with Crippen LogP contribution in [0.4, 0.5) is 4.79 Å². The first-order valence-electron chi connectivity index (χ1n) is 14.4. The first-order valence-corrected chi connectivity index (χ1v) is 14.4. The summed E-state index contributed by atoms with van der Waals surface area (Å²) in [7, 11) is 0. The van der Waals surface area contributed by atoms with Crippen LogP contribution in [0, 0.1) is 5.92 Å². The van der Waals surface area contributed by atoms with Crippen LogP contribution in [-0.2, 0) is 28.1 Å². The molecule has 2 fully saturated rings. The third kappa shape index (κ3) is 8.19. The number of nitrogens with one attached hydrogen (secondary N) is 1. The zero-order valence-electron chi connectivity index (χ0n) is 23.7. The van der Waals surface area contributed by atoms with E-state index in [4.69, 9.17) is 15.0 Å². The Labute approximate surface area is 242 Å². The van der Waals surface area contributed by atoms with Crippen LogP contribution in [0.5, 0.6) is 0 Å². The van der Waals surface area contributed by atoms with E-state index in [2.05, 4.69) is 60.8 Å². The van der Waals surface area contributed by atoms with Crippen LogP contribution in [0.15, 0.2) is 84.9 Å². The molecule has 1 aliphatic carbocycles. The van der Waals surface area contributed by atoms with Crippen LogP contribution in [0.2, 0.25) is 0 Å². The van der Waals surface area contributed by atoms with E-state index in [1.165, 1.54) is 18.4 Å². The van der Waals surface area contributed by atoms with Crippen molar-refractivity contribution in [2.75, 3.05) is 6.54 Å². The normalized spacial score (nSPS) is 19.6. The lowest BCUT2D eigenvalue weighted by Crippen LogP contribution is -2.47. The van der Waals surface area contributed by atoms with Gasteiger partial charge in [-0.3, -0.25) is 9.59 Å². The topological polar surface area (TPSA) is 107 Å². The van der Waals surface area contributed by atoms with E-state index in [1.807, 2.05) is 41.3 Å². The van der Waals surface area contributed by atoms with E-state index in [-0.39, 0.29) is 23.1 Å². The Kier molecular flexibility index (Phi) is 10.2. The molecular formula is C34H40N2O5. The number of carbonyl (C=O) groups excluding carboxylic acids is 2. The summed E-state index contributed by atoms with van der Waals surface area (Å²) in [4.78, 5) is 36.8. The summed E-state index contributed by atoms with van der Waals surface area (Å²) in [6.07, 6.45) is 4.23. The molecule has 3 N–H and O–H groups in total. The van der Waals surface area contributed by atoms with Gasteiger partial charge < -0.3 is 20.4 Å². The Morgan fingerprint density at radius 3 is 2.10 bits per heavy atom. The van der Waals surface area contributed by atoms with Gasteiger partial charge in [-0.05, 0) is 47.4 Å². The number of likely N-dealkylation sites (tertiary alicyclic amines) is 1. The summed E-state index contributed by atoms with van der Waals surface area (Å²) in [5.74, 6) is 0.602. The highest BCUT2D eigenvalue weighted by Crippen LogP contribution is 2.38. The summed E-state index contributed by atoms with van der Waals surface area (Å²) in [6, 6.07) is 29.1. The van der Waals surface area contributed by atoms with Gasteiger partial charge in [0.25, 0.3) is 0 Å². The first kappa shape index (κ1) is 29.8. The summed E-state index contributed by atoms with van der Waals surface area (Å²) >= 11 is 0. The maximum atomic E-state index is 13.4. The average molecular weight is 557 g/mol. The van der Waals surface area contributed by atoms with Crippen LogP contribution in [0.1, 0.15) is 73.6 Å². The van der Waals surface area contributed by atoms with Gasteiger partial charge in [-0.15, -0.1) is 0 Å². The van der Waals surface area contributed by atoms with E-state index in [9.17, 15) is 9.59 Å². The molecule has 2 atom stereocenters. The highest BCUT2D eigenvalue weighted by Gasteiger charge is 2.36. The second-order valence-electron chi connectivity index (χ2n) is 11.4. The summed E-state index contributed by atoms with van der Waals surface area (Å²) < 4.78 is 0. The number of piperidine rings is 1. The van der Waals surface area contributed by atoms with Crippen molar-refractivity contribution in [1.82, 2.24) is 10.2 Å². The highest BCUT2D eigenvalue weighted by atomic mass is 16.6. The minimum absolute atomic E-state index is 0.0283. The van der Waals surface area contributed by atoms with Gasteiger partial charge in [0.15, 0.2) is 0 Å². The maximum Gasteiger partial charge on any atom is 0.503 e. The highest BCUT2D eigenvalue weighted by molar-refractivity contribution is 5.84. The molecule has 7 nitrogen and oxygen atoms in total. The van der Waals surface area contributed by atoms with Gasteiger partial charge >= 0.3 is 6.16 Å². The Balaban J connectivity index is 0.000000909. The lowest BCUT2D eigenvalue weighted by atomic mass is 9.75. The van der Waals surface area contributed by atoms with Crippen molar-refractivity contribution >= 4 is 18.0 Å². The number of benzene rings is 3. The van der Waals surface area contributed by atoms with Gasteiger partial charge in [0, 0.05) is 31.5 Å². The minimum atomic E-state index is -1.83. The van der Waals surface area contributed by atoms with Crippen molar-refractivity contribution in [1.29, 1.82) is 0 Å². The Morgan fingerprint density at radius 2 is 1.49 bits per heavy atom. The molecular weight excluding hydrogens is 516 g/mol. The number of rotatable bonds is 8. The van der Waals surface area contributed by atoms with Crippen molar-refractivity contribution in [3.05, 3.63) is 107 Å². The molecule has 3 aromatic rings. The van der Waals surface area contributed by atoms with Gasteiger partial charge in [0.1, 0.15) is 0 Å². The Hall–Kier alpha value is -4.13. The molecule has 2 amide bonds. The number of carboxylic acid groups (broad SMARTS) is 2. The molecule has 0 bridgehead atoms. The van der Waals surface area contributed by atoms with E-state index in [0.717, 1.165) is 42.5 Å². The van der Waals surface area contributed by atoms with Gasteiger partial charge in [-0.1, -0.05) is 105 Å². The number of hydrogen-bond acceptors (Lipinski definition) is 3. The second kappa shape index (κ2) is 14.0. The number of carbonyl (C=O) groups is 3. The number of nitrogens with zero attached hydrogens (tertiary/aromatic N) is 1. The molecule has 1 heterocycles. The standard InChI is InChI=1S/C33H38N2O2.CH2O3/c1-33(29-14-6-3-7-15-29)21-20-30(36)35(24-33)23-26-16-18-28(19-17-26)31(27-12-8-9-13-27)32(37)34-22-25-10-4-2-5-11-25;2-1(3)4/h2-7,10-11,14-19,27,31H,8-9,12-13,20-24H2,1H3,(H,34,37);(H2,2,3,4). The summed E-state index contributed by atoms with van der Waals surface area (Å²) in [5.41, 5.74) is 4.58. The SMILES string of the molecule is CC1(c2ccccc2)CCC(=O)N(Cc2ccc(C(C(=O)NCc3ccccc3)C3CCCC3)cc2)C1.O=C(O)O. The minimum Gasteiger partial charge on any atom is -0.450 e. The van der Waals surface area contributed by atoms with Gasteiger partial charge in [-0.25, -0.2) is 4.79 Å². The van der Waals surface area contributed by atoms with E-state index < -0.39 is 6.16 Å². The molecule has 0 spiro atoms. The molecule has 1 saturated carbocycles. The Bertz CT molecular complexity index is 1290. The van der Waals surface area contributed by atoms with E-state index >= 15 is 0 Å². The van der Waals surface area contributed by atoms with E-state index in [0.29, 0.717) is 25.4 Å². The molecule has 216 valence electrons. The molecule has 2 unspecified atom stereocenters. The average Bonchev–Trinajstić information content (AvgIpc) is 3.50. The van der Waals surface area contributed by atoms with Gasteiger partial charge in [0.05, 0.1) is 5.92 Å². The smallest absolute Gasteiger partial charge is 0.450 e. The zero-order chi connectivity index (χ0) is 29.2. The van der Waals surface area contributed by atoms with Crippen molar-refractivity contribution in [2.45, 2.75) is 69.9 Å². The fraction of sp³-hybridized carbons (Fsp3) is 0.382. The fourth-order valence-corrected chi connectivity index (χ4v) is 6.22. The molecule has 0 radical (unpaired) electrons. The number of amides is 2. The van der Waals surface area contributed by atoms with Crippen molar-refractivity contribution in [3.8, 4) is 0 Å². The first-order chi connectivity index (χ1) is 19.7. The summed E-state index contributed by atoms with van der Waals surface area (Å²) in [6.45, 7) is 4.16. The second-order valence-corrected chi connectivity index (χ2v) is 11.4. The lowest BCUT2D eigenvalue weighted by Gasteiger charge is -2.41. The number of hydrogen-bond donors (Lipinski definition) is 3. The van der Waals surface area contributed by atoms with Crippen molar-refractivity contribution < 1.29 is 24.6 Å². The Morgan fingerprint density at radius 1 is 0.902 bits per heavy atom. The van der Waals surface area contributed by atoms with Crippen LogP contribution in [-0.4, -0.2) is 39.6 Å². The van der Waals surface area contributed by atoms with Crippen LogP contribution >= 0.6 is 0 Å².